The number of alkyl halides is 3. The Morgan fingerprint density at radius 2 is 1.88 bits per heavy atom. The molecule has 0 bridgehead atoms. The van der Waals surface area contributed by atoms with Crippen molar-refractivity contribution in [1.29, 1.82) is 0 Å². The van der Waals surface area contributed by atoms with Crippen molar-refractivity contribution in [3.63, 3.8) is 0 Å². The molecular formula is C9H4BrClF2N2S2. The Morgan fingerprint density at radius 3 is 2.47 bits per heavy atom. The monoisotopic (exact) mass is 356 g/mol. The first-order chi connectivity index (χ1) is 7.94. The maximum atomic E-state index is 12.7. The maximum Gasteiger partial charge on any atom is 0.355 e. The SMILES string of the molecule is FC(F)(Br)Sc1nnc(-c2ccc(Cl)cc2)s1. The van der Waals surface area contributed by atoms with Crippen LogP contribution in [0.2, 0.25) is 5.02 Å². The van der Waals surface area contributed by atoms with Gasteiger partial charge in [-0.25, -0.2) is 0 Å². The summed E-state index contributed by atoms with van der Waals surface area (Å²) in [5.41, 5.74) is 0.802. The second-order valence-corrected chi connectivity index (χ2v) is 7.22. The van der Waals surface area contributed by atoms with E-state index in [4.69, 9.17) is 11.6 Å². The van der Waals surface area contributed by atoms with Crippen molar-refractivity contribution < 1.29 is 8.78 Å². The van der Waals surface area contributed by atoms with E-state index < -0.39 is 4.16 Å². The van der Waals surface area contributed by atoms with E-state index in [1.54, 1.807) is 24.3 Å². The zero-order valence-electron chi connectivity index (χ0n) is 8.03. The van der Waals surface area contributed by atoms with E-state index in [-0.39, 0.29) is 4.34 Å². The molecule has 8 heteroatoms. The largest absolute Gasteiger partial charge is 0.355 e. The van der Waals surface area contributed by atoms with Crippen molar-refractivity contribution in [1.82, 2.24) is 10.2 Å². The van der Waals surface area contributed by atoms with Crippen molar-refractivity contribution in [3.05, 3.63) is 29.3 Å². The number of benzene rings is 1. The van der Waals surface area contributed by atoms with Gasteiger partial charge in [0.05, 0.1) is 0 Å². The number of aromatic nitrogens is 2. The zero-order valence-corrected chi connectivity index (χ0v) is 12.0. The third-order valence-electron chi connectivity index (χ3n) is 1.70. The van der Waals surface area contributed by atoms with Crippen LogP contribution in [0, 0.1) is 0 Å². The lowest BCUT2D eigenvalue weighted by Crippen LogP contribution is -1.95. The lowest BCUT2D eigenvalue weighted by atomic mass is 10.2. The minimum atomic E-state index is -3.02. The van der Waals surface area contributed by atoms with Crippen LogP contribution in [0.3, 0.4) is 0 Å². The molecule has 0 aliphatic rings. The van der Waals surface area contributed by atoms with E-state index >= 15 is 0 Å². The molecule has 0 spiro atoms. The molecule has 2 rings (SSSR count). The Labute approximate surface area is 118 Å². The van der Waals surface area contributed by atoms with E-state index in [0.717, 1.165) is 16.9 Å². The van der Waals surface area contributed by atoms with Crippen molar-refractivity contribution in [2.45, 2.75) is 8.50 Å². The molecule has 90 valence electrons. The van der Waals surface area contributed by atoms with Gasteiger partial charge in [0.15, 0.2) is 4.34 Å². The summed E-state index contributed by atoms with van der Waals surface area (Å²) >= 11 is 9.42. The Kier molecular flexibility index (Phi) is 4.02. The number of nitrogens with zero attached hydrogens (tertiary/aromatic N) is 2. The van der Waals surface area contributed by atoms with Gasteiger partial charge >= 0.3 is 4.16 Å². The van der Waals surface area contributed by atoms with Gasteiger partial charge in [0.2, 0.25) is 0 Å². The fraction of sp³-hybridized carbons (Fsp3) is 0.111. The number of rotatable bonds is 3. The van der Waals surface area contributed by atoms with Crippen LogP contribution in [0.1, 0.15) is 0 Å². The number of thioether (sulfide) groups is 1. The van der Waals surface area contributed by atoms with E-state index in [0.29, 0.717) is 21.8 Å². The van der Waals surface area contributed by atoms with Gasteiger partial charge < -0.3 is 0 Å². The molecule has 17 heavy (non-hydrogen) atoms. The highest BCUT2D eigenvalue weighted by atomic mass is 79.9. The summed E-state index contributed by atoms with van der Waals surface area (Å²) in [6.07, 6.45) is 0. The smallest absolute Gasteiger partial charge is 0.181 e. The van der Waals surface area contributed by atoms with Crippen LogP contribution in [0.15, 0.2) is 28.6 Å². The molecule has 0 radical (unpaired) electrons. The van der Waals surface area contributed by atoms with Crippen LogP contribution in [-0.2, 0) is 0 Å². The highest BCUT2D eigenvalue weighted by Gasteiger charge is 2.28. The quantitative estimate of drug-likeness (QED) is 0.577. The van der Waals surface area contributed by atoms with Gasteiger partial charge in [-0.1, -0.05) is 35.1 Å². The molecule has 1 aromatic heterocycles. The Hall–Kier alpha value is -0.240. The topological polar surface area (TPSA) is 25.8 Å². The summed E-state index contributed by atoms with van der Waals surface area (Å²) in [5, 5.41) is 8.73. The van der Waals surface area contributed by atoms with Crippen molar-refractivity contribution in [3.8, 4) is 10.6 Å². The zero-order chi connectivity index (χ0) is 12.5. The second kappa shape index (κ2) is 5.17. The number of hydrogen-bond donors (Lipinski definition) is 0. The molecule has 0 amide bonds. The molecular weight excluding hydrogens is 354 g/mol. The summed E-state index contributed by atoms with van der Waals surface area (Å²) in [7, 11) is 0. The highest BCUT2D eigenvalue weighted by Crippen LogP contribution is 2.42. The summed E-state index contributed by atoms with van der Waals surface area (Å²) in [6, 6.07) is 6.96. The van der Waals surface area contributed by atoms with E-state index in [9.17, 15) is 8.78 Å². The third kappa shape index (κ3) is 3.87. The van der Waals surface area contributed by atoms with Crippen LogP contribution < -0.4 is 0 Å². The van der Waals surface area contributed by atoms with Crippen LogP contribution >= 0.6 is 50.6 Å². The van der Waals surface area contributed by atoms with Gasteiger partial charge in [-0.2, -0.15) is 8.78 Å². The fourth-order valence-electron chi connectivity index (χ4n) is 1.06. The average Bonchev–Trinajstić information content (AvgIpc) is 2.64. The summed E-state index contributed by atoms with van der Waals surface area (Å²) in [6.45, 7) is 0. The molecule has 0 atom stereocenters. The number of hydrogen-bond acceptors (Lipinski definition) is 4. The molecule has 0 saturated heterocycles. The summed E-state index contributed by atoms with van der Waals surface area (Å²) in [5.74, 6) is 0. The van der Waals surface area contributed by atoms with Gasteiger partial charge in [0.25, 0.3) is 0 Å². The van der Waals surface area contributed by atoms with E-state index in [2.05, 4.69) is 26.1 Å². The van der Waals surface area contributed by atoms with Crippen LogP contribution in [0.4, 0.5) is 8.78 Å². The van der Waals surface area contributed by atoms with Crippen LogP contribution in [0.5, 0.6) is 0 Å². The van der Waals surface area contributed by atoms with Gasteiger partial charge in [-0.15, -0.1) is 10.2 Å². The predicted octanol–water partition coefficient (Wildman–Crippen LogP) is 4.90. The summed E-state index contributed by atoms with van der Waals surface area (Å²) < 4.78 is 22.5. The van der Waals surface area contributed by atoms with E-state index in [1.807, 2.05) is 0 Å². The molecule has 1 aromatic carbocycles. The third-order valence-corrected chi connectivity index (χ3v) is 4.19. The molecule has 1 heterocycles. The molecule has 2 aromatic rings. The van der Waals surface area contributed by atoms with Gasteiger partial charge in [-0.3, -0.25) is 0 Å². The lowest BCUT2D eigenvalue weighted by Gasteiger charge is -2.01. The van der Waals surface area contributed by atoms with Crippen LogP contribution in [0.25, 0.3) is 10.6 Å². The molecule has 2 nitrogen and oxygen atoms in total. The fourth-order valence-corrected chi connectivity index (χ4v) is 3.55. The van der Waals surface area contributed by atoms with Crippen molar-refractivity contribution >= 4 is 50.6 Å². The predicted molar refractivity (Wildman–Crippen MR) is 70.1 cm³/mol. The normalized spacial score (nSPS) is 11.8. The minimum absolute atomic E-state index is 0.205. The van der Waals surface area contributed by atoms with Crippen LogP contribution in [-0.4, -0.2) is 14.4 Å². The second-order valence-electron chi connectivity index (χ2n) is 2.93. The van der Waals surface area contributed by atoms with Gasteiger partial charge in [0, 0.05) is 26.5 Å². The molecule has 0 fully saturated rings. The van der Waals surface area contributed by atoms with Gasteiger partial charge in [-0.05, 0) is 23.9 Å². The first-order valence-corrected chi connectivity index (χ1v) is 7.09. The Bertz CT molecular complexity index is 512. The molecule has 0 aliphatic carbocycles. The maximum absolute atomic E-state index is 12.7. The highest BCUT2D eigenvalue weighted by molar-refractivity contribution is 9.11. The molecule has 0 aliphatic heterocycles. The minimum Gasteiger partial charge on any atom is -0.181 e. The van der Waals surface area contributed by atoms with E-state index in [1.165, 1.54) is 0 Å². The Morgan fingerprint density at radius 1 is 1.24 bits per heavy atom. The van der Waals surface area contributed by atoms with Crippen molar-refractivity contribution in [2.24, 2.45) is 0 Å². The molecule has 0 unspecified atom stereocenters. The average molecular weight is 358 g/mol. The number of halogens is 4. The molecule has 0 saturated carbocycles. The lowest BCUT2D eigenvalue weighted by molar-refractivity contribution is 0.220. The first-order valence-electron chi connectivity index (χ1n) is 4.29. The first kappa shape index (κ1) is 13.2. The van der Waals surface area contributed by atoms with Crippen molar-refractivity contribution in [2.75, 3.05) is 0 Å². The standard InChI is InChI=1S/C9H4BrClF2N2S2/c10-9(12,13)17-8-15-14-7(16-8)5-1-3-6(11)4-2-5/h1-4H. The Balaban J connectivity index is 2.21. The summed E-state index contributed by atoms with van der Waals surface area (Å²) in [4.78, 5) is 0. The van der Waals surface area contributed by atoms with Gasteiger partial charge in [0.1, 0.15) is 5.01 Å². The molecule has 0 N–H and O–H groups in total.